The van der Waals surface area contributed by atoms with Crippen molar-refractivity contribution in [2.45, 2.75) is 6.54 Å². The molecule has 1 N–H and O–H groups in total. The van der Waals surface area contributed by atoms with E-state index in [1.54, 1.807) is 12.3 Å². The number of carboxylic acids is 1. The molecule has 0 amide bonds. The Balaban J connectivity index is 2.16. The standard InChI is InChI=1S/C14H14N2O2/c1-16(10-11-5-3-2-4-6-11)13-7-12(14(17)18)8-15-9-13/h2-9H,10H2,1H3,(H,17,18). The molecule has 0 saturated carbocycles. The van der Waals surface area contributed by atoms with Crippen LogP contribution in [0.5, 0.6) is 0 Å². The van der Waals surface area contributed by atoms with Crippen LogP contribution < -0.4 is 4.90 Å². The molecule has 1 aromatic carbocycles. The monoisotopic (exact) mass is 242 g/mol. The Morgan fingerprint density at radius 3 is 2.67 bits per heavy atom. The minimum absolute atomic E-state index is 0.201. The number of aromatic nitrogens is 1. The summed E-state index contributed by atoms with van der Waals surface area (Å²) in [6.07, 6.45) is 3.01. The first-order valence-corrected chi connectivity index (χ1v) is 5.60. The molecule has 1 aromatic heterocycles. The summed E-state index contributed by atoms with van der Waals surface area (Å²) in [5.41, 5.74) is 2.16. The number of benzene rings is 1. The number of nitrogens with zero attached hydrogens (tertiary/aromatic N) is 2. The Kier molecular flexibility index (Phi) is 3.57. The van der Waals surface area contributed by atoms with Crippen molar-refractivity contribution in [3.8, 4) is 0 Å². The van der Waals surface area contributed by atoms with Crippen LogP contribution in [0.3, 0.4) is 0 Å². The number of pyridine rings is 1. The normalized spacial score (nSPS) is 10.1. The number of anilines is 1. The molecule has 0 fully saturated rings. The van der Waals surface area contributed by atoms with Crippen molar-refractivity contribution < 1.29 is 9.90 Å². The molecule has 4 heteroatoms. The first-order chi connectivity index (χ1) is 8.66. The molecule has 0 unspecified atom stereocenters. The van der Waals surface area contributed by atoms with Gasteiger partial charge in [0.25, 0.3) is 0 Å². The second kappa shape index (κ2) is 5.31. The molecule has 18 heavy (non-hydrogen) atoms. The van der Waals surface area contributed by atoms with Crippen molar-refractivity contribution in [2.75, 3.05) is 11.9 Å². The lowest BCUT2D eigenvalue weighted by Crippen LogP contribution is -2.17. The van der Waals surface area contributed by atoms with Crippen molar-refractivity contribution in [1.29, 1.82) is 0 Å². The molecule has 92 valence electrons. The van der Waals surface area contributed by atoms with Crippen LogP contribution in [-0.4, -0.2) is 23.1 Å². The smallest absolute Gasteiger partial charge is 0.337 e. The van der Waals surface area contributed by atoms with Crippen LogP contribution in [0, 0.1) is 0 Å². The third-order valence-electron chi connectivity index (χ3n) is 2.67. The SMILES string of the molecule is CN(Cc1ccccc1)c1cncc(C(=O)O)c1. The summed E-state index contributed by atoms with van der Waals surface area (Å²) in [5, 5.41) is 8.92. The van der Waals surface area contributed by atoms with E-state index < -0.39 is 5.97 Å². The summed E-state index contributed by atoms with van der Waals surface area (Å²) >= 11 is 0. The van der Waals surface area contributed by atoms with Gasteiger partial charge in [0.15, 0.2) is 0 Å². The van der Waals surface area contributed by atoms with E-state index in [9.17, 15) is 4.79 Å². The third-order valence-corrected chi connectivity index (χ3v) is 2.67. The van der Waals surface area contributed by atoms with Gasteiger partial charge in [-0.05, 0) is 11.6 Å². The Morgan fingerprint density at radius 2 is 2.00 bits per heavy atom. The van der Waals surface area contributed by atoms with Gasteiger partial charge in [0.05, 0.1) is 17.4 Å². The first kappa shape index (κ1) is 12.1. The Hall–Kier alpha value is -2.36. The largest absolute Gasteiger partial charge is 0.478 e. The van der Waals surface area contributed by atoms with Crippen LogP contribution in [0.25, 0.3) is 0 Å². The molecule has 0 saturated heterocycles. The topological polar surface area (TPSA) is 53.4 Å². The highest BCUT2D eigenvalue weighted by molar-refractivity contribution is 5.88. The number of hydrogen-bond donors (Lipinski definition) is 1. The quantitative estimate of drug-likeness (QED) is 0.894. The van der Waals surface area contributed by atoms with Crippen molar-refractivity contribution >= 4 is 11.7 Å². The lowest BCUT2D eigenvalue weighted by Gasteiger charge is -2.19. The zero-order chi connectivity index (χ0) is 13.0. The highest BCUT2D eigenvalue weighted by Crippen LogP contribution is 2.15. The van der Waals surface area contributed by atoms with Crippen LogP contribution in [0.15, 0.2) is 48.8 Å². The molecular formula is C14H14N2O2. The van der Waals surface area contributed by atoms with Gasteiger partial charge < -0.3 is 10.0 Å². The van der Waals surface area contributed by atoms with Gasteiger partial charge in [-0.1, -0.05) is 30.3 Å². The van der Waals surface area contributed by atoms with Crippen molar-refractivity contribution in [1.82, 2.24) is 4.98 Å². The second-order valence-electron chi connectivity index (χ2n) is 4.08. The molecule has 0 spiro atoms. The maximum absolute atomic E-state index is 10.9. The highest BCUT2D eigenvalue weighted by atomic mass is 16.4. The average molecular weight is 242 g/mol. The number of carboxylic acid groups (broad SMARTS) is 1. The minimum Gasteiger partial charge on any atom is -0.478 e. The Labute approximate surface area is 106 Å². The maximum Gasteiger partial charge on any atom is 0.337 e. The lowest BCUT2D eigenvalue weighted by molar-refractivity contribution is 0.0696. The molecule has 0 aliphatic carbocycles. The van der Waals surface area contributed by atoms with E-state index in [1.807, 2.05) is 42.3 Å². The molecule has 0 aliphatic rings. The van der Waals surface area contributed by atoms with Gasteiger partial charge in [-0.2, -0.15) is 0 Å². The van der Waals surface area contributed by atoms with E-state index in [4.69, 9.17) is 5.11 Å². The fourth-order valence-corrected chi connectivity index (χ4v) is 1.70. The summed E-state index contributed by atoms with van der Waals surface area (Å²) in [6.45, 7) is 0.714. The van der Waals surface area contributed by atoms with Crippen LogP contribution in [-0.2, 0) is 6.54 Å². The second-order valence-corrected chi connectivity index (χ2v) is 4.08. The minimum atomic E-state index is -0.961. The van der Waals surface area contributed by atoms with Gasteiger partial charge in [-0.3, -0.25) is 4.98 Å². The molecule has 0 aliphatic heterocycles. The predicted octanol–water partition coefficient (Wildman–Crippen LogP) is 2.42. The Morgan fingerprint density at radius 1 is 1.28 bits per heavy atom. The number of carbonyl (C=O) groups is 1. The summed E-state index contributed by atoms with van der Waals surface area (Å²) in [5.74, 6) is -0.961. The molecule has 0 bridgehead atoms. The number of aromatic carboxylic acids is 1. The fraction of sp³-hybridized carbons (Fsp3) is 0.143. The molecule has 0 atom stereocenters. The molecule has 2 rings (SSSR count). The van der Waals surface area contributed by atoms with E-state index in [1.165, 1.54) is 11.8 Å². The number of rotatable bonds is 4. The molecular weight excluding hydrogens is 228 g/mol. The van der Waals surface area contributed by atoms with E-state index in [2.05, 4.69) is 4.98 Å². The predicted molar refractivity (Wildman–Crippen MR) is 69.7 cm³/mol. The van der Waals surface area contributed by atoms with Crippen molar-refractivity contribution in [2.24, 2.45) is 0 Å². The van der Waals surface area contributed by atoms with Crippen molar-refractivity contribution in [3.05, 3.63) is 59.9 Å². The number of hydrogen-bond acceptors (Lipinski definition) is 3. The lowest BCUT2D eigenvalue weighted by atomic mass is 10.2. The Bertz CT molecular complexity index is 541. The van der Waals surface area contributed by atoms with Gasteiger partial charge in [-0.15, -0.1) is 0 Å². The van der Waals surface area contributed by atoms with Gasteiger partial charge in [0.1, 0.15) is 0 Å². The van der Waals surface area contributed by atoms with Crippen molar-refractivity contribution in [3.63, 3.8) is 0 Å². The maximum atomic E-state index is 10.9. The zero-order valence-electron chi connectivity index (χ0n) is 10.1. The van der Waals surface area contributed by atoms with Crippen LogP contribution in [0.2, 0.25) is 0 Å². The summed E-state index contributed by atoms with van der Waals surface area (Å²) in [4.78, 5) is 16.8. The first-order valence-electron chi connectivity index (χ1n) is 5.60. The third kappa shape index (κ3) is 2.85. The highest BCUT2D eigenvalue weighted by Gasteiger charge is 2.07. The summed E-state index contributed by atoms with van der Waals surface area (Å²) in [7, 11) is 1.91. The van der Waals surface area contributed by atoms with E-state index in [-0.39, 0.29) is 5.56 Å². The molecule has 2 aromatic rings. The van der Waals surface area contributed by atoms with Gasteiger partial charge in [0, 0.05) is 19.8 Å². The van der Waals surface area contributed by atoms with Gasteiger partial charge >= 0.3 is 5.97 Å². The van der Waals surface area contributed by atoms with Crippen LogP contribution >= 0.6 is 0 Å². The fourth-order valence-electron chi connectivity index (χ4n) is 1.70. The van der Waals surface area contributed by atoms with Gasteiger partial charge in [-0.25, -0.2) is 4.79 Å². The average Bonchev–Trinajstić information content (AvgIpc) is 2.40. The molecule has 4 nitrogen and oxygen atoms in total. The van der Waals surface area contributed by atoms with E-state index in [0.717, 1.165) is 5.69 Å². The molecule has 1 heterocycles. The van der Waals surface area contributed by atoms with Crippen LogP contribution in [0.4, 0.5) is 5.69 Å². The summed E-state index contributed by atoms with van der Waals surface area (Å²) in [6, 6.07) is 11.6. The molecule has 0 radical (unpaired) electrons. The van der Waals surface area contributed by atoms with Gasteiger partial charge in [0.2, 0.25) is 0 Å². The van der Waals surface area contributed by atoms with Crippen LogP contribution in [0.1, 0.15) is 15.9 Å². The van der Waals surface area contributed by atoms with E-state index >= 15 is 0 Å². The summed E-state index contributed by atoms with van der Waals surface area (Å²) < 4.78 is 0. The zero-order valence-corrected chi connectivity index (χ0v) is 10.1. The van der Waals surface area contributed by atoms with E-state index in [0.29, 0.717) is 6.54 Å².